The first-order valence-electron chi connectivity index (χ1n) is 6.55. The third-order valence-corrected chi connectivity index (χ3v) is 3.01. The maximum Gasteiger partial charge on any atom is 0.273 e. The predicted octanol–water partition coefficient (Wildman–Crippen LogP) is 2.05. The molecule has 0 saturated heterocycles. The fourth-order valence-corrected chi connectivity index (χ4v) is 1.86. The molecular formula is C16H17N3O3. The normalized spacial score (nSPS) is 10.5. The van der Waals surface area contributed by atoms with E-state index in [9.17, 15) is 4.79 Å². The molecule has 22 heavy (non-hydrogen) atoms. The van der Waals surface area contributed by atoms with Gasteiger partial charge in [0.05, 0.1) is 26.0 Å². The molecule has 0 aliphatic carbocycles. The lowest BCUT2D eigenvalue weighted by atomic mass is 10.2. The second-order valence-electron chi connectivity index (χ2n) is 4.39. The Morgan fingerprint density at radius 3 is 2.64 bits per heavy atom. The van der Waals surface area contributed by atoms with Gasteiger partial charge in [-0.2, -0.15) is 5.10 Å². The van der Waals surface area contributed by atoms with Crippen molar-refractivity contribution in [3.63, 3.8) is 0 Å². The molecule has 2 aromatic carbocycles. The number of anilines is 1. The molecule has 0 aliphatic rings. The lowest BCUT2D eigenvalue weighted by Gasteiger charge is -2.07. The number of nitrogen functional groups attached to an aromatic ring is 1. The Morgan fingerprint density at radius 2 is 1.95 bits per heavy atom. The van der Waals surface area contributed by atoms with E-state index in [2.05, 4.69) is 10.5 Å². The predicted molar refractivity (Wildman–Crippen MR) is 85.5 cm³/mol. The fourth-order valence-electron chi connectivity index (χ4n) is 1.86. The highest BCUT2D eigenvalue weighted by Crippen LogP contribution is 2.22. The van der Waals surface area contributed by atoms with Crippen LogP contribution in [0.3, 0.4) is 0 Å². The van der Waals surface area contributed by atoms with Crippen LogP contribution >= 0.6 is 0 Å². The van der Waals surface area contributed by atoms with E-state index in [-0.39, 0.29) is 5.91 Å². The number of hydrazone groups is 1. The highest BCUT2D eigenvalue weighted by atomic mass is 16.5. The van der Waals surface area contributed by atoms with Crippen molar-refractivity contribution in [3.05, 3.63) is 53.6 Å². The van der Waals surface area contributed by atoms with Crippen LogP contribution in [0.15, 0.2) is 47.6 Å². The average Bonchev–Trinajstić information content (AvgIpc) is 2.55. The number of hydrogen-bond donors (Lipinski definition) is 2. The van der Waals surface area contributed by atoms with Gasteiger partial charge in [-0.05, 0) is 30.3 Å². The van der Waals surface area contributed by atoms with Crippen LogP contribution in [-0.2, 0) is 0 Å². The van der Waals surface area contributed by atoms with Gasteiger partial charge in [-0.25, -0.2) is 5.43 Å². The van der Waals surface area contributed by atoms with Crippen LogP contribution in [0.1, 0.15) is 15.9 Å². The topological polar surface area (TPSA) is 85.9 Å². The summed E-state index contributed by atoms with van der Waals surface area (Å²) in [6.45, 7) is 0. The number of methoxy groups -OCH3 is 2. The van der Waals surface area contributed by atoms with E-state index < -0.39 is 0 Å². The molecular weight excluding hydrogens is 282 g/mol. The number of hydrogen-bond acceptors (Lipinski definition) is 5. The maximum absolute atomic E-state index is 12.0. The van der Waals surface area contributed by atoms with Gasteiger partial charge in [-0.15, -0.1) is 0 Å². The monoisotopic (exact) mass is 299 g/mol. The summed E-state index contributed by atoms with van der Waals surface area (Å²) < 4.78 is 10.4. The Bertz CT molecular complexity index is 699. The molecule has 2 aromatic rings. The van der Waals surface area contributed by atoms with Gasteiger partial charge in [-0.1, -0.05) is 12.1 Å². The summed E-state index contributed by atoms with van der Waals surface area (Å²) in [5.74, 6) is 0.912. The molecule has 2 rings (SSSR count). The number of amides is 1. The van der Waals surface area contributed by atoms with Crippen LogP contribution in [0.5, 0.6) is 11.5 Å². The fraction of sp³-hybridized carbons (Fsp3) is 0.125. The highest BCUT2D eigenvalue weighted by Gasteiger charge is 2.07. The van der Waals surface area contributed by atoms with Crippen molar-refractivity contribution >= 4 is 17.8 Å². The van der Waals surface area contributed by atoms with Crippen molar-refractivity contribution in [1.29, 1.82) is 0 Å². The minimum absolute atomic E-state index is 0.372. The molecule has 3 N–H and O–H groups in total. The molecule has 0 bridgehead atoms. The van der Waals surface area contributed by atoms with Crippen molar-refractivity contribution in [3.8, 4) is 11.5 Å². The number of carbonyl (C=O) groups is 1. The summed E-state index contributed by atoms with van der Waals surface area (Å²) in [5.41, 5.74) is 9.62. The molecule has 0 fully saturated rings. The Labute approximate surface area is 128 Å². The SMILES string of the molecule is COc1ccc(OC)c(/C=N/NC(=O)c2ccccc2N)c1. The number of para-hydroxylation sites is 1. The molecule has 0 saturated carbocycles. The van der Waals surface area contributed by atoms with E-state index in [1.807, 2.05) is 0 Å². The number of ether oxygens (including phenoxy) is 2. The van der Waals surface area contributed by atoms with Crippen LogP contribution < -0.4 is 20.6 Å². The summed E-state index contributed by atoms with van der Waals surface area (Å²) >= 11 is 0. The average molecular weight is 299 g/mol. The second-order valence-corrected chi connectivity index (χ2v) is 4.39. The van der Waals surface area contributed by atoms with E-state index in [4.69, 9.17) is 15.2 Å². The molecule has 0 aromatic heterocycles. The maximum atomic E-state index is 12.0. The zero-order valence-electron chi connectivity index (χ0n) is 12.4. The summed E-state index contributed by atoms with van der Waals surface area (Å²) in [4.78, 5) is 12.0. The molecule has 114 valence electrons. The zero-order chi connectivity index (χ0) is 15.9. The minimum Gasteiger partial charge on any atom is -0.497 e. The number of nitrogens with two attached hydrogens (primary N) is 1. The van der Waals surface area contributed by atoms with Crippen molar-refractivity contribution < 1.29 is 14.3 Å². The van der Waals surface area contributed by atoms with Gasteiger partial charge in [-0.3, -0.25) is 4.79 Å². The Hall–Kier alpha value is -3.02. The molecule has 6 nitrogen and oxygen atoms in total. The van der Waals surface area contributed by atoms with Gasteiger partial charge in [0.25, 0.3) is 5.91 Å². The van der Waals surface area contributed by atoms with Gasteiger partial charge in [0.1, 0.15) is 11.5 Å². The van der Waals surface area contributed by atoms with Gasteiger partial charge in [0, 0.05) is 11.3 Å². The smallest absolute Gasteiger partial charge is 0.273 e. The zero-order valence-corrected chi connectivity index (χ0v) is 12.4. The molecule has 0 spiro atoms. The summed E-state index contributed by atoms with van der Waals surface area (Å²) in [6, 6.07) is 12.1. The van der Waals surface area contributed by atoms with Gasteiger partial charge in [0.2, 0.25) is 0 Å². The lowest BCUT2D eigenvalue weighted by molar-refractivity contribution is 0.0956. The molecule has 0 unspecified atom stereocenters. The number of rotatable bonds is 5. The van der Waals surface area contributed by atoms with Crippen LogP contribution in [0, 0.1) is 0 Å². The van der Waals surface area contributed by atoms with Crippen molar-refractivity contribution in [1.82, 2.24) is 5.43 Å². The largest absolute Gasteiger partial charge is 0.497 e. The van der Waals surface area contributed by atoms with E-state index >= 15 is 0 Å². The molecule has 0 radical (unpaired) electrons. The van der Waals surface area contributed by atoms with Gasteiger partial charge in [0.15, 0.2) is 0 Å². The summed E-state index contributed by atoms with van der Waals surface area (Å²) in [7, 11) is 3.13. The molecule has 0 aliphatic heterocycles. The van der Waals surface area contributed by atoms with Crippen LogP contribution in [0.2, 0.25) is 0 Å². The van der Waals surface area contributed by atoms with Crippen LogP contribution in [0.4, 0.5) is 5.69 Å². The van der Waals surface area contributed by atoms with Crippen molar-refractivity contribution in [2.75, 3.05) is 20.0 Å². The van der Waals surface area contributed by atoms with E-state index in [1.54, 1.807) is 56.7 Å². The Kier molecular flexibility index (Phi) is 4.98. The first kappa shape index (κ1) is 15.4. The van der Waals surface area contributed by atoms with E-state index in [1.165, 1.54) is 6.21 Å². The lowest BCUT2D eigenvalue weighted by Crippen LogP contribution is -2.19. The Morgan fingerprint density at radius 1 is 1.18 bits per heavy atom. The molecule has 0 atom stereocenters. The quantitative estimate of drug-likeness (QED) is 0.502. The van der Waals surface area contributed by atoms with E-state index in [0.29, 0.717) is 28.3 Å². The van der Waals surface area contributed by atoms with Crippen LogP contribution in [-0.4, -0.2) is 26.3 Å². The summed E-state index contributed by atoms with van der Waals surface area (Å²) in [5, 5.41) is 3.93. The number of nitrogens with one attached hydrogen (secondary N) is 1. The van der Waals surface area contributed by atoms with Crippen molar-refractivity contribution in [2.24, 2.45) is 5.10 Å². The van der Waals surface area contributed by atoms with Crippen LogP contribution in [0.25, 0.3) is 0 Å². The third-order valence-electron chi connectivity index (χ3n) is 3.01. The first-order chi connectivity index (χ1) is 10.7. The van der Waals surface area contributed by atoms with E-state index in [0.717, 1.165) is 0 Å². The summed E-state index contributed by atoms with van der Waals surface area (Å²) in [6.07, 6.45) is 1.48. The molecule has 0 heterocycles. The Balaban J connectivity index is 2.12. The van der Waals surface area contributed by atoms with Gasteiger partial charge < -0.3 is 15.2 Å². The number of nitrogens with zero attached hydrogens (tertiary/aromatic N) is 1. The van der Waals surface area contributed by atoms with Gasteiger partial charge >= 0.3 is 0 Å². The molecule has 6 heteroatoms. The number of carbonyl (C=O) groups excluding carboxylic acids is 1. The number of benzene rings is 2. The first-order valence-corrected chi connectivity index (χ1v) is 6.55. The molecule has 1 amide bonds. The second kappa shape index (κ2) is 7.12. The third kappa shape index (κ3) is 3.54. The highest BCUT2D eigenvalue weighted by molar-refractivity contribution is 5.99. The minimum atomic E-state index is -0.379. The van der Waals surface area contributed by atoms with Crippen molar-refractivity contribution in [2.45, 2.75) is 0 Å². The standard InChI is InChI=1S/C16H17N3O3/c1-21-12-7-8-15(22-2)11(9-12)10-18-19-16(20)13-5-3-4-6-14(13)17/h3-10H,17H2,1-2H3,(H,19,20)/b18-10+.